The van der Waals surface area contributed by atoms with Gasteiger partial charge in [-0.25, -0.2) is 0 Å². The second-order valence-electron chi connectivity index (χ2n) is 4.49. The molecule has 0 saturated carbocycles. The van der Waals surface area contributed by atoms with E-state index < -0.39 is 31.6 Å². The average molecular weight is 544 g/mol. The molecular weight excluding hydrogens is 508 g/mol. The zero-order chi connectivity index (χ0) is 17.1. The Labute approximate surface area is 194 Å². The Morgan fingerprint density at radius 2 is 0.769 bits per heavy atom. The number of unbranched alkanes of at least 4 members (excludes halogenated alkanes) is 2. The molecule has 0 N–H and O–H groups in total. The van der Waals surface area contributed by atoms with Crippen molar-refractivity contribution < 1.29 is 53.6 Å². The topological polar surface area (TPSA) is 71.1 Å². The van der Waals surface area contributed by atoms with Gasteiger partial charge in [0, 0.05) is 0 Å². The Balaban J connectivity index is -0.0000000674. The van der Waals surface area contributed by atoms with E-state index in [0.29, 0.717) is 26.4 Å². The summed E-state index contributed by atoms with van der Waals surface area (Å²) in [7, 11) is 0. The van der Waals surface area contributed by atoms with Crippen molar-refractivity contribution in [2.75, 3.05) is 26.4 Å². The van der Waals surface area contributed by atoms with Crippen LogP contribution in [-0.4, -0.2) is 26.4 Å². The summed E-state index contributed by atoms with van der Waals surface area (Å²) in [5.74, 6) is 0. The first-order valence-electron chi connectivity index (χ1n) is 8.08. The zero-order valence-corrected chi connectivity index (χ0v) is 22.1. The fourth-order valence-corrected chi connectivity index (χ4v) is 3.11. The summed E-state index contributed by atoms with van der Waals surface area (Å²) in [5, 5.41) is 0. The van der Waals surface area contributed by atoms with E-state index in [9.17, 15) is 7.35 Å². The Morgan fingerprint density at radius 3 is 1.00 bits per heavy atom. The normalized spacial score (nSPS) is 8.46. The SMILES string of the molecule is CCCC[O][V](=[O])[O]CCCC.CCC[O][V](=[O])[O]CCC.Cl.Cl.Cl.Cl. The van der Waals surface area contributed by atoms with Gasteiger partial charge >= 0.3 is 146 Å². The van der Waals surface area contributed by atoms with Gasteiger partial charge in [-0.15, -0.1) is 49.6 Å². The van der Waals surface area contributed by atoms with Crippen molar-refractivity contribution in [1.82, 2.24) is 0 Å². The molecule has 0 aliphatic carbocycles. The molecule has 0 heterocycles. The summed E-state index contributed by atoms with van der Waals surface area (Å²) in [6, 6.07) is 0. The van der Waals surface area contributed by atoms with Gasteiger partial charge in [-0.05, 0) is 0 Å². The molecule has 0 aliphatic heterocycles. The third kappa shape index (κ3) is 40.5. The molecule has 166 valence electrons. The zero-order valence-electron chi connectivity index (χ0n) is 16.0. The molecule has 0 aliphatic rings. The van der Waals surface area contributed by atoms with Gasteiger partial charge in [-0.3, -0.25) is 0 Å². The maximum atomic E-state index is 11.0. The molecule has 26 heavy (non-hydrogen) atoms. The van der Waals surface area contributed by atoms with Crippen LogP contribution in [-0.2, 0) is 53.6 Å². The van der Waals surface area contributed by atoms with Gasteiger partial charge in [-0.2, -0.15) is 0 Å². The summed E-state index contributed by atoms with van der Waals surface area (Å²) < 4.78 is 41.4. The summed E-state index contributed by atoms with van der Waals surface area (Å²) in [4.78, 5) is 0. The van der Waals surface area contributed by atoms with E-state index in [-0.39, 0.29) is 49.6 Å². The Morgan fingerprint density at radius 1 is 0.500 bits per heavy atom. The number of halogens is 4. The molecule has 0 bridgehead atoms. The number of hydrogen-bond donors (Lipinski definition) is 0. The maximum Gasteiger partial charge on any atom is -0.147 e. The first-order chi connectivity index (χ1) is 10.6. The van der Waals surface area contributed by atoms with Crippen LogP contribution in [0.3, 0.4) is 0 Å². The van der Waals surface area contributed by atoms with Gasteiger partial charge in [0.1, 0.15) is 0 Å². The molecule has 0 radical (unpaired) electrons. The van der Waals surface area contributed by atoms with Gasteiger partial charge in [0.05, 0.1) is 0 Å². The molecule has 0 unspecified atom stereocenters. The second-order valence-corrected chi connectivity index (χ2v) is 7.50. The predicted molar refractivity (Wildman–Crippen MR) is 105 cm³/mol. The van der Waals surface area contributed by atoms with E-state index in [1.54, 1.807) is 0 Å². The van der Waals surface area contributed by atoms with Gasteiger partial charge in [0.15, 0.2) is 0 Å². The van der Waals surface area contributed by atoms with Crippen LogP contribution >= 0.6 is 49.6 Å². The van der Waals surface area contributed by atoms with Crippen LogP contribution in [0.5, 0.6) is 0 Å². The molecule has 0 amide bonds. The maximum absolute atomic E-state index is 11.0. The predicted octanol–water partition coefficient (Wildman–Crippen LogP) is 5.73. The Kier molecular flexibility index (Phi) is 60.6. The van der Waals surface area contributed by atoms with E-state index in [2.05, 4.69) is 13.8 Å². The quantitative estimate of drug-likeness (QED) is 0.260. The van der Waals surface area contributed by atoms with E-state index >= 15 is 0 Å². The number of hydrogen-bond acceptors (Lipinski definition) is 6. The fourth-order valence-electron chi connectivity index (χ4n) is 0.973. The van der Waals surface area contributed by atoms with Crippen molar-refractivity contribution >= 4 is 49.6 Å². The van der Waals surface area contributed by atoms with Gasteiger partial charge in [0.25, 0.3) is 0 Å². The van der Waals surface area contributed by atoms with E-state index in [1.165, 1.54) is 0 Å². The first-order valence-corrected chi connectivity index (χ1v) is 11.5. The Hall–Kier alpha value is 1.77. The van der Waals surface area contributed by atoms with Gasteiger partial charge in [-0.1, -0.05) is 0 Å². The minimum absolute atomic E-state index is 0. The molecule has 0 fully saturated rings. The van der Waals surface area contributed by atoms with Crippen LogP contribution < -0.4 is 0 Å². The molecular formula is C14H36Cl4O6V2. The van der Waals surface area contributed by atoms with Crippen molar-refractivity contribution in [2.45, 2.75) is 66.2 Å². The number of rotatable bonds is 14. The molecule has 0 aromatic carbocycles. The average Bonchev–Trinajstić information content (AvgIpc) is 2.52. The first kappa shape index (κ1) is 42.0. The van der Waals surface area contributed by atoms with Crippen LogP contribution in [0.1, 0.15) is 66.2 Å². The smallest absolute Gasteiger partial charge is 0.147 e. The summed E-state index contributed by atoms with van der Waals surface area (Å²) in [6.45, 7) is 10.3. The van der Waals surface area contributed by atoms with Gasteiger partial charge in [0.2, 0.25) is 0 Å². The minimum atomic E-state index is -2.58. The molecule has 0 atom stereocenters. The van der Waals surface area contributed by atoms with E-state index in [1.807, 2.05) is 13.8 Å². The third-order valence-corrected chi connectivity index (χ3v) is 4.65. The largest absolute Gasteiger partial charge is 0.147 e. The van der Waals surface area contributed by atoms with Crippen LogP contribution in [0.4, 0.5) is 0 Å². The summed E-state index contributed by atoms with van der Waals surface area (Å²) >= 11 is -5.13. The molecule has 0 aromatic heterocycles. The summed E-state index contributed by atoms with van der Waals surface area (Å²) in [5.41, 5.74) is 0. The van der Waals surface area contributed by atoms with Crippen molar-refractivity contribution in [3.05, 3.63) is 0 Å². The van der Waals surface area contributed by atoms with Crippen LogP contribution in [0, 0.1) is 0 Å². The monoisotopic (exact) mass is 542 g/mol. The molecule has 0 saturated heterocycles. The van der Waals surface area contributed by atoms with Crippen LogP contribution in [0.25, 0.3) is 0 Å². The molecule has 6 nitrogen and oxygen atoms in total. The van der Waals surface area contributed by atoms with Crippen molar-refractivity contribution in [1.29, 1.82) is 0 Å². The van der Waals surface area contributed by atoms with E-state index in [0.717, 1.165) is 38.5 Å². The summed E-state index contributed by atoms with van der Waals surface area (Å²) in [6.07, 6.45) is 5.84. The van der Waals surface area contributed by atoms with Crippen LogP contribution in [0.15, 0.2) is 0 Å². The van der Waals surface area contributed by atoms with Crippen LogP contribution in [0.2, 0.25) is 0 Å². The fraction of sp³-hybridized carbons (Fsp3) is 1.00. The second kappa shape index (κ2) is 37.5. The Bertz CT molecular complexity index is 258. The molecule has 12 heteroatoms. The van der Waals surface area contributed by atoms with Crippen molar-refractivity contribution in [3.8, 4) is 0 Å². The third-order valence-electron chi connectivity index (χ3n) is 2.19. The molecule has 0 spiro atoms. The molecule has 0 aromatic rings. The van der Waals surface area contributed by atoms with E-state index in [4.69, 9.17) is 14.6 Å². The molecule has 0 rings (SSSR count). The van der Waals surface area contributed by atoms with Gasteiger partial charge < -0.3 is 0 Å². The van der Waals surface area contributed by atoms with Crippen molar-refractivity contribution in [2.24, 2.45) is 0 Å². The minimum Gasteiger partial charge on any atom is -0.147 e. The van der Waals surface area contributed by atoms with Crippen molar-refractivity contribution in [3.63, 3.8) is 0 Å². The standard InChI is InChI=1S/2C4H9O.2C3H7O.4ClH.2O.2V/c2*1-2-3-4-5;2*1-2-3-4;;;;;;;;/h2*2-4H2,1H3;2*2-3H2,1H3;4*1H;;;;/q4*-1;;;;;;;2*+2.